The van der Waals surface area contributed by atoms with Gasteiger partial charge in [0.2, 0.25) is 0 Å². The average Bonchev–Trinajstić information content (AvgIpc) is 3.12. The van der Waals surface area contributed by atoms with Gasteiger partial charge >= 0.3 is 5.97 Å². The Hall–Kier alpha value is -3.58. The molecule has 0 aliphatic carbocycles. The molecular formula is C25H21FN2O3S. The molecular weight excluding hydrogens is 427 g/mol. The van der Waals surface area contributed by atoms with E-state index >= 15 is 0 Å². The number of aryl methyl sites for hydroxylation is 1. The van der Waals surface area contributed by atoms with E-state index in [1.165, 1.54) is 23.5 Å². The van der Waals surface area contributed by atoms with Crippen molar-refractivity contribution in [2.24, 2.45) is 4.99 Å². The number of halogens is 1. The third kappa shape index (κ3) is 4.24. The van der Waals surface area contributed by atoms with Crippen LogP contribution >= 0.6 is 11.3 Å². The number of carboxylic acids is 1. The minimum atomic E-state index is -0.987. The number of aromatic nitrogens is 1. The highest BCUT2D eigenvalue weighted by molar-refractivity contribution is 7.16. The van der Waals surface area contributed by atoms with E-state index in [0.29, 0.717) is 22.3 Å². The fraction of sp³-hybridized carbons (Fsp3) is 0.160. The zero-order valence-corrected chi connectivity index (χ0v) is 18.4. The SMILES string of the molecule is CCC(C(=O)O)n1/c(=N/C(=O)c2ccc(C)cc2)sc2cc(-c3ccc(F)cc3)ccc21. The maximum atomic E-state index is 13.3. The number of rotatable bonds is 5. The molecule has 0 aliphatic rings. The van der Waals surface area contributed by atoms with E-state index in [9.17, 15) is 19.1 Å². The first kappa shape index (κ1) is 21.6. The Balaban J connectivity index is 1.89. The number of benzene rings is 3. The standard InChI is InChI=1S/C25H21FN2O3S/c1-3-20(24(30)31)28-21-13-10-18(16-8-11-19(26)12-9-16)14-22(21)32-25(28)27-23(29)17-6-4-15(2)5-7-17/h4-14,20H,3H2,1-2H3,(H,30,31)/b27-25-. The number of thiazole rings is 1. The summed E-state index contributed by atoms with van der Waals surface area (Å²) >= 11 is 1.26. The molecule has 0 radical (unpaired) electrons. The van der Waals surface area contributed by atoms with Crippen LogP contribution < -0.4 is 4.80 Å². The lowest BCUT2D eigenvalue weighted by atomic mass is 10.1. The van der Waals surface area contributed by atoms with Crippen LogP contribution in [-0.2, 0) is 4.79 Å². The Morgan fingerprint density at radius 2 is 1.69 bits per heavy atom. The lowest BCUT2D eigenvalue weighted by molar-refractivity contribution is -0.140. The lowest BCUT2D eigenvalue weighted by Gasteiger charge is -2.13. The molecule has 162 valence electrons. The molecule has 7 heteroatoms. The molecule has 0 spiro atoms. The highest BCUT2D eigenvalue weighted by atomic mass is 32.1. The van der Waals surface area contributed by atoms with E-state index < -0.39 is 17.9 Å². The number of aliphatic carboxylic acids is 1. The predicted molar refractivity (Wildman–Crippen MR) is 123 cm³/mol. The van der Waals surface area contributed by atoms with Gasteiger partial charge in [0.25, 0.3) is 5.91 Å². The minimum absolute atomic E-state index is 0.313. The summed E-state index contributed by atoms with van der Waals surface area (Å²) in [6.45, 7) is 3.72. The van der Waals surface area contributed by atoms with Crippen LogP contribution in [0.1, 0.15) is 35.3 Å². The first-order chi connectivity index (χ1) is 15.4. The average molecular weight is 449 g/mol. The van der Waals surface area contributed by atoms with Crippen molar-refractivity contribution in [2.75, 3.05) is 0 Å². The van der Waals surface area contributed by atoms with Gasteiger partial charge in [0, 0.05) is 5.56 Å². The van der Waals surface area contributed by atoms with Gasteiger partial charge in [-0.05, 0) is 60.9 Å². The molecule has 0 saturated carbocycles. The fourth-order valence-corrected chi connectivity index (χ4v) is 4.67. The molecule has 0 saturated heterocycles. The maximum absolute atomic E-state index is 13.3. The van der Waals surface area contributed by atoms with Crippen LogP contribution in [-0.4, -0.2) is 21.6 Å². The minimum Gasteiger partial charge on any atom is -0.480 e. The van der Waals surface area contributed by atoms with E-state index in [1.54, 1.807) is 35.8 Å². The predicted octanol–water partition coefficient (Wildman–Crippen LogP) is 5.59. The molecule has 1 atom stereocenters. The van der Waals surface area contributed by atoms with Gasteiger partial charge in [-0.3, -0.25) is 4.79 Å². The van der Waals surface area contributed by atoms with Crippen molar-refractivity contribution in [1.29, 1.82) is 0 Å². The lowest BCUT2D eigenvalue weighted by Crippen LogP contribution is -2.27. The van der Waals surface area contributed by atoms with Crippen molar-refractivity contribution in [3.63, 3.8) is 0 Å². The second-order valence-electron chi connectivity index (χ2n) is 7.49. The van der Waals surface area contributed by atoms with Crippen molar-refractivity contribution in [1.82, 2.24) is 4.57 Å². The van der Waals surface area contributed by atoms with Crippen LogP contribution in [0.3, 0.4) is 0 Å². The van der Waals surface area contributed by atoms with Crippen LogP contribution in [0.2, 0.25) is 0 Å². The van der Waals surface area contributed by atoms with Gasteiger partial charge in [0.05, 0.1) is 10.2 Å². The zero-order chi connectivity index (χ0) is 22.8. The van der Waals surface area contributed by atoms with E-state index in [2.05, 4.69) is 4.99 Å². The van der Waals surface area contributed by atoms with Gasteiger partial charge in [-0.1, -0.05) is 54.2 Å². The summed E-state index contributed by atoms with van der Waals surface area (Å²) in [7, 11) is 0. The molecule has 4 aromatic rings. The van der Waals surface area contributed by atoms with Gasteiger partial charge in [-0.25, -0.2) is 9.18 Å². The Morgan fingerprint density at radius 3 is 2.31 bits per heavy atom. The Morgan fingerprint density at radius 1 is 1.03 bits per heavy atom. The monoisotopic (exact) mass is 448 g/mol. The van der Waals surface area contributed by atoms with Crippen molar-refractivity contribution < 1.29 is 19.1 Å². The van der Waals surface area contributed by atoms with Crippen molar-refractivity contribution in [2.45, 2.75) is 26.3 Å². The molecule has 0 fully saturated rings. The van der Waals surface area contributed by atoms with Crippen molar-refractivity contribution >= 4 is 33.4 Å². The number of carbonyl (C=O) groups excluding carboxylic acids is 1. The smallest absolute Gasteiger partial charge is 0.326 e. The molecule has 1 unspecified atom stereocenters. The second-order valence-corrected chi connectivity index (χ2v) is 8.50. The van der Waals surface area contributed by atoms with Gasteiger partial charge in [0.15, 0.2) is 4.80 Å². The van der Waals surface area contributed by atoms with Crippen LogP contribution in [0.15, 0.2) is 71.7 Å². The van der Waals surface area contributed by atoms with Gasteiger partial charge in [0.1, 0.15) is 11.9 Å². The number of carbonyl (C=O) groups is 2. The van der Waals surface area contributed by atoms with Gasteiger partial charge in [-0.15, -0.1) is 0 Å². The number of nitrogens with zero attached hydrogens (tertiary/aromatic N) is 2. The molecule has 3 aromatic carbocycles. The van der Waals surface area contributed by atoms with E-state index in [4.69, 9.17) is 0 Å². The summed E-state index contributed by atoms with van der Waals surface area (Å²) in [5.41, 5.74) is 3.86. The summed E-state index contributed by atoms with van der Waals surface area (Å²) in [6, 6.07) is 18.0. The number of fused-ring (bicyclic) bond motifs is 1. The zero-order valence-electron chi connectivity index (χ0n) is 17.6. The van der Waals surface area contributed by atoms with Gasteiger partial charge in [-0.2, -0.15) is 4.99 Å². The summed E-state index contributed by atoms with van der Waals surface area (Å²) in [5.74, 6) is -1.73. The summed E-state index contributed by atoms with van der Waals surface area (Å²) in [5, 5.41) is 9.79. The molecule has 32 heavy (non-hydrogen) atoms. The highest BCUT2D eigenvalue weighted by Crippen LogP contribution is 2.28. The third-order valence-electron chi connectivity index (χ3n) is 5.28. The summed E-state index contributed by atoms with van der Waals surface area (Å²) < 4.78 is 15.7. The molecule has 0 aliphatic heterocycles. The normalized spacial score (nSPS) is 12.8. The second kappa shape index (κ2) is 8.88. The van der Waals surface area contributed by atoms with Crippen molar-refractivity contribution in [3.05, 3.63) is 88.5 Å². The maximum Gasteiger partial charge on any atom is 0.326 e. The molecule has 0 bridgehead atoms. The Labute approximate surface area is 188 Å². The molecule has 4 rings (SSSR count). The molecule has 1 aromatic heterocycles. The number of hydrogen-bond donors (Lipinski definition) is 1. The van der Waals surface area contributed by atoms with E-state index in [1.807, 2.05) is 37.3 Å². The highest BCUT2D eigenvalue weighted by Gasteiger charge is 2.22. The molecule has 1 amide bonds. The quantitative estimate of drug-likeness (QED) is 0.432. The first-order valence-electron chi connectivity index (χ1n) is 10.2. The molecule has 1 N–H and O–H groups in total. The van der Waals surface area contributed by atoms with Crippen LogP contribution in [0, 0.1) is 12.7 Å². The van der Waals surface area contributed by atoms with Crippen LogP contribution in [0.4, 0.5) is 4.39 Å². The molecule has 1 heterocycles. The Bertz CT molecular complexity index is 1370. The summed E-state index contributed by atoms with van der Waals surface area (Å²) in [4.78, 5) is 29.4. The summed E-state index contributed by atoms with van der Waals surface area (Å²) in [6.07, 6.45) is 0.340. The topological polar surface area (TPSA) is 71.7 Å². The van der Waals surface area contributed by atoms with Crippen molar-refractivity contribution in [3.8, 4) is 11.1 Å². The number of hydrogen-bond acceptors (Lipinski definition) is 3. The number of carboxylic acid groups (broad SMARTS) is 1. The van der Waals surface area contributed by atoms with Crippen LogP contribution in [0.5, 0.6) is 0 Å². The first-order valence-corrected chi connectivity index (χ1v) is 11.0. The number of amides is 1. The Kier molecular flexibility index (Phi) is 6.01. The fourth-order valence-electron chi connectivity index (χ4n) is 3.56. The van der Waals surface area contributed by atoms with E-state index in [-0.39, 0.29) is 5.82 Å². The van der Waals surface area contributed by atoms with Crippen LogP contribution in [0.25, 0.3) is 21.3 Å². The molecule has 5 nitrogen and oxygen atoms in total. The van der Waals surface area contributed by atoms with Gasteiger partial charge < -0.3 is 9.67 Å². The van der Waals surface area contributed by atoms with E-state index in [0.717, 1.165) is 21.4 Å². The largest absolute Gasteiger partial charge is 0.480 e. The third-order valence-corrected chi connectivity index (χ3v) is 6.30.